The minimum Gasteiger partial charge on any atom is -0.363 e. The van der Waals surface area contributed by atoms with Gasteiger partial charge in [0.1, 0.15) is 16.7 Å². The lowest BCUT2D eigenvalue weighted by molar-refractivity contribution is 0.966. The molecule has 19 heavy (non-hydrogen) atoms. The third-order valence-corrected chi connectivity index (χ3v) is 3.66. The van der Waals surface area contributed by atoms with E-state index in [0.29, 0.717) is 28.2 Å². The Bertz CT molecular complexity index is 614. The Morgan fingerprint density at radius 2 is 1.89 bits per heavy atom. The molecule has 0 radical (unpaired) electrons. The standard InChI is InChI=1S/C13H14Cl2N4/c1-7-10(14)4-5-16-11(7)6-17-13-12(15)8(2)18-9(3)19-13/h4-5H,6H2,1-3H3,(H,17,18,19). The first-order valence-electron chi connectivity index (χ1n) is 5.83. The summed E-state index contributed by atoms with van der Waals surface area (Å²) < 4.78 is 0. The molecule has 0 fully saturated rings. The van der Waals surface area contributed by atoms with Crippen LogP contribution in [0.2, 0.25) is 10.0 Å². The first kappa shape index (κ1) is 14.0. The molecule has 2 rings (SSSR count). The van der Waals surface area contributed by atoms with E-state index in [1.807, 2.05) is 20.8 Å². The van der Waals surface area contributed by atoms with Gasteiger partial charge in [0.2, 0.25) is 0 Å². The van der Waals surface area contributed by atoms with Crippen LogP contribution in [0.15, 0.2) is 12.3 Å². The van der Waals surface area contributed by atoms with E-state index in [4.69, 9.17) is 23.2 Å². The molecule has 0 aliphatic carbocycles. The summed E-state index contributed by atoms with van der Waals surface area (Å²) in [6, 6.07) is 1.77. The van der Waals surface area contributed by atoms with Crippen molar-refractivity contribution in [1.29, 1.82) is 0 Å². The fraction of sp³-hybridized carbons (Fsp3) is 0.308. The highest BCUT2D eigenvalue weighted by molar-refractivity contribution is 6.33. The molecule has 100 valence electrons. The van der Waals surface area contributed by atoms with Gasteiger partial charge < -0.3 is 5.32 Å². The molecule has 1 N–H and O–H groups in total. The quantitative estimate of drug-likeness (QED) is 0.938. The van der Waals surface area contributed by atoms with Gasteiger partial charge in [-0.15, -0.1) is 0 Å². The molecule has 4 nitrogen and oxygen atoms in total. The lowest BCUT2D eigenvalue weighted by Crippen LogP contribution is -2.08. The molecule has 2 aromatic rings. The number of aromatic nitrogens is 3. The van der Waals surface area contributed by atoms with Crippen molar-refractivity contribution in [2.45, 2.75) is 27.3 Å². The molecule has 2 aromatic heterocycles. The molecule has 0 saturated carbocycles. The molecule has 0 aliphatic rings. The van der Waals surface area contributed by atoms with Crippen LogP contribution < -0.4 is 5.32 Å². The van der Waals surface area contributed by atoms with E-state index < -0.39 is 0 Å². The van der Waals surface area contributed by atoms with Gasteiger partial charge in [0, 0.05) is 11.2 Å². The number of hydrogen-bond donors (Lipinski definition) is 1. The van der Waals surface area contributed by atoms with Crippen LogP contribution >= 0.6 is 23.2 Å². The Labute approximate surface area is 122 Å². The number of nitrogens with zero attached hydrogens (tertiary/aromatic N) is 3. The zero-order valence-corrected chi connectivity index (χ0v) is 12.5. The summed E-state index contributed by atoms with van der Waals surface area (Å²) >= 11 is 12.2. The van der Waals surface area contributed by atoms with Crippen LogP contribution in [0, 0.1) is 20.8 Å². The van der Waals surface area contributed by atoms with E-state index in [1.165, 1.54) is 0 Å². The van der Waals surface area contributed by atoms with Gasteiger partial charge in [-0.2, -0.15) is 0 Å². The van der Waals surface area contributed by atoms with Crippen molar-refractivity contribution < 1.29 is 0 Å². The molecule has 0 amide bonds. The molecule has 0 aliphatic heterocycles. The van der Waals surface area contributed by atoms with Crippen LogP contribution in [-0.4, -0.2) is 15.0 Å². The SMILES string of the molecule is Cc1nc(C)c(Cl)c(NCc2nccc(Cl)c2C)n1. The Balaban J connectivity index is 2.21. The molecule has 0 spiro atoms. The summed E-state index contributed by atoms with van der Waals surface area (Å²) in [6.07, 6.45) is 1.68. The van der Waals surface area contributed by atoms with Crippen molar-refractivity contribution in [1.82, 2.24) is 15.0 Å². The second-order valence-corrected chi connectivity index (χ2v) is 5.02. The normalized spacial score (nSPS) is 10.6. The fourth-order valence-electron chi connectivity index (χ4n) is 1.71. The van der Waals surface area contributed by atoms with Crippen molar-refractivity contribution >= 4 is 29.0 Å². The molecular weight excluding hydrogens is 283 g/mol. The highest BCUT2D eigenvalue weighted by atomic mass is 35.5. The van der Waals surface area contributed by atoms with Gasteiger partial charge >= 0.3 is 0 Å². The minimum atomic E-state index is 0.516. The number of nitrogens with one attached hydrogen (secondary N) is 1. The molecule has 0 bridgehead atoms. The number of anilines is 1. The van der Waals surface area contributed by atoms with Crippen LogP contribution in [0.4, 0.5) is 5.82 Å². The summed E-state index contributed by atoms with van der Waals surface area (Å²) in [5, 5.41) is 4.41. The molecule has 2 heterocycles. The monoisotopic (exact) mass is 296 g/mol. The molecule has 0 saturated heterocycles. The Morgan fingerprint density at radius 3 is 2.63 bits per heavy atom. The van der Waals surface area contributed by atoms with Gasteiger partial charge in [0.05, 0.1) is 17.9 Å². The van der Waals surface area contributed by atoms with Crippen LogP contribution in [0.25, 0.3) is 0 Å². The van der Waals surface area contributed by atoms with E-state index in [2.05, 4.69) is 20.3 Å². The number of hydrogen-bond acceptors (Lipinski definition) is 4. The second-order valence-electron chi connectivity index (χ2n) is 4.24. The Hall–Kier alpha value is -1.39. The fourth-order valence-corrected chi connectivity index (χ4v) is 2.03. The smallest absolute Gasteiger partial charge is 0.149 e. The predicted octanol–water partition coefficient (Wildman–Crippen LogP) is 3.72. The highest BCUT2D eigenvalue weighted by Gasteiger charge is 2.09. The highest BCUT2D eigenvalue weighted by Crippen LogP contribution is 2.23. The average molecular weight is 297 g/mol. The lowest BCUT2D eigenvalue weighted by atomic mass is 10.2. The Morgan fingerprint density at radius 1 is 1.16 bits per heavy atom. The number of rotatable bonds is 3. The first-order chi connectivity index (χ1) is 8.99. The maximum Gasteiger partial charge on any atom is 0.149 e. The molecule has 0 unspecified atom stereocenters. The maximum atomic E-state index is 6.17. The number of aryl methyl sites for hydroxylation is 2. The van der Waals surface area contributed by atoms with Crippen LogP contribution in [0.3, 0.4) is 0 Å². The number of pyridine rings is 1. The number of halogens is 2. The zero-order valence-electron chi connectivity index (χ0n) is 11.0. The van der Waals surface area contributed by atoms with Gasteiger partial charge in [-0.3, -0.25) is 4.98 Å². The predicted molar refractivity (Wildman–Crippen MR) is 77.8 cm³/mol. The van der Waals surface area contributed by atoms with E-state index in [0.717, 1.165) is 17.0 Å². The van der Waals surface area contributed by atoms with E-state index >= 15 is 0 Å². The van der Waals surface area contributed by atoms with Gasteiger partial charge in [-0.1, -0.05) is 23.2 Å². The summed E-state index contributed by atoms with van der Waals surface area (Å²) in [5.74, 6) is 1.30. The van der Waals surface area contributed by atoms with Crippen LogP contribution in [-0.2, 0) is 6.54 Å². The lowest BCUT2D eigenvalue weighted by Gasteiger charge is -2.11. The minimum absolute atomic E-state index is 0.516. The van der Waals surface area contributed by atoms with Crippen LogP contribution in [0.1, 0.15) is 22.8 Å². The summed E-state index contributed by atoms with van der Waals surface area (Å²) in [7, 11) is 0. The van der Waals surface area contributed by atoms with Gasteiger partial charge in [-0.05, 0) is 32.4 Å². The van der Waals surface area contributed by atoms with E-state index in [1.54, 1.807) is 12.3 Å². The van der Waals surface area contributed by atoms with Crippen molar-refractivity contribution in [3.05, 3.63) is 45.1 Å². The average Bonchev–Trinajstić information content (AvgIpc) is 2.36. The maximum absolute atomic E-state index is 6.17. The van der Waals surface area contributed by atoms with Crippen molar-refractivity contribution in [2.24, 2.45) is 0 Å². The molecule has 0 atom stereocenters. The molecule has 6 heteroatoms. The van der Waals surface area contributed by atoms with Crippen molar-refractivity contribution in [3.63, 3.8) is 0 Å². The zero-order chi connectivity index (χ0) is 14.0. The van der Waals surface area contributed by atoms with Gasteiger partial charge in [0.15, 0.2) is 0 Å². The third kappa shape index (κ3) is 3.14. The largest absolute Gasteiger partial charge is 0.363 e. The first-order valence-corrected chi connectivity index (χ1v) is 6.59. The molecule has 0 aromatic carbocycles. The molecular formula is C13H14Cl2N4. The van der Waals surface area contributed by atoms with Gasteiger partial charge in [-0.25, -0.2) is 9.97 Å². The topological polar surface area (TPSA) is 50.7 Å². The summed E-state index contributed by atoms with van der Waals surface area (Å²) in [4.78, 5) is 12.8. The second kappa shape index (κ2) is 5.72. The Kier molecular flexibility index (Phi) is 4.22. The van der Waals surface area contributed by atoms with Crippen molar-refractivity contribution in [2.75, 3.05) is 5.32 Å². The van der Waals surface area contributed by atoms with Crippen molar-refractivity contribution in [3.8, 4) is 0 Å². The summed E-state index contributed by atoms with van der Waals surface area (Å²) in [6.45, 7) is 6.13. The van der Waals surface area contributed by atoms with Gasteiger partial charge in [0.25, 0.3) is 0 Å². The third-order valence-electron chi connectivity index (χ3n) is 2.79. The van der Waals surface area contributed by atoms with E-state index in [9.17, 15) is 0 Å². The van der Waals surface area contributed by atoms with Crippen LogP contribution in [0.5, 0.6) is 0 Å². The van der Waals surface area contributed by atoms with E-state index in [-0.39, 0.29) is 0 Å². The summed E-state index contributed by atoms with van der Waals surface area (Å²) in [5.41, 5.74) is 2.58.